The third kappa shape index (κ3) is 0.797. The summed E-state index contributed by atoms with van der Waals surface area (Å²) in [6.45, 7) is 0. The topological polar surface area (TPSA) is 95.4 Å². The number of hydrogen-bond acceptors (Lipinski definition) is 5. The number of esters is 2. The van der Waals surface area contributed by atoms with Crippen molar-refractivity contribution in [3.05, 3.63) is 0 Å². The summed E-state index contributed by atoms with van der Waals surface area (Å²) in [5.74, 6) is -1.49. The summed E-state index contributed by atoms with van der Waals surface area (Å²) in [4.78, 5) is 20.7. The Kier molecular flexibility index (Phi) is 1.22. The predicted molar refractivity (Wildman–Crippen MR) is 27.0 cm³/mol. The fourth-order valence-electron chi connectivity index (χ4n) is 0.528. The van der Waals surface area contributed by atoms with E-state index in [9.17, 15) is 9.59 Å². The largest absolute Gasteiger partial charge is 0.391 e. The van der Waals surface area contributed by atoms with Crippen molar-refractivity contribution in [2.24, 2.45) is 11.5 Å². The van der Waals surface area contributed by atoms with Crippen LogP contribution < -0.4 is 11.5 Å². The van der Waals surface area contributed by atoms with Crippen molar-refractivity contribution in [2.75, 3.05) is 0 Å². The molecule has 1 fully saturated rings. The van der Waals surface area contributed by atoms with Crippen LogP contribution in [-0.2, 0) is 14.3 Å². The van der Waals surface area contributed by atoms with Crippen molar-refractivity contribution >= 4 is 11.9 Å². The molecule has 50 valence electrons. The van der Waals surface area contributed by atoms with Crippen molar-refractivity contribution in [1.29, 1.82) is 0 Å². The molecule has 1 aliphatic rings. The number of cyclic esters (lactones) is 2. The van der Waals surface area contributed by atoms with E-state index in [0.717, 1.165) is 0 Å². The van der Waals surface area contributed by atoms with Gasteiger partial charge < -0.3 is 16.2 Å². The number of ether oxygens (including phenoxy) is 1. The van der Waals surface area contributed by atoms with Gasteiger partial charge in [0.25, 0.3) is 0 Å². The minimum absolute atomic E-state index is 0.743. The molecule has 0 bridgehead atoms. The highest BCUT2D eigenvalue weighted by molar-refractivity contribution is 6.00. The summed E-state index contributed by atoms with van der Waals surface area (Å²) in [6, 6.07) is -1.95. The van der Waals surface area contributed by atoms with E-state index in [1.807, 2.05) is 0 Å². The van der Waals surface area contributed by atoms with Gasteiger partial charge in [-0.25, -0.2) is 9.59 Å². The lowest BCUT2D eigenvalue weighted by Crippen LogP contribution is -2.43. The quantitative estimate of drug-likeness (QED) is 0.284. The summed E-state index contributed by atoms with van der Waals surface area (Å²) in [7, 11) is 0. The highest BCUT2D eigenvalue weighted by Gasteiger charge is 2.38. The molecular formula is C4H6N2O3. The summed E-state index contributed by atoms with van der Waals surface area (Å²) in [5, 5.41) is 0. The lowest BCUT2D eigenvalue weighted by Gasteiger charge is -1.97. The smallest absolute Gasteiger partial charge is 0.332 e. The monoisotopic (exact) mass is 130 g/mol. The maximum absolute atomic E-state index is 10.3. The lowest BCUT2D eigenvalue weighted by atomic mass is 10.2. The van der Waals surface area contributed by atoms with Gasteiger partial charge in [-0.15, -0.1) is 0 Å². The Morgan fingerprint density at radius 2 is 1.44 bits per heavy atom. The zero-order chi connectivity index (χ0) is 7.02. The molecule has 2 atom stereocenters. The fourth-order valence-corrected chi connectivity index (χ4v) is 0.528. The van der Waals surface area contributed by atoms with Crippen LogP contribution >= 0.6 is 0 Å². The molecule has 0 saturated carbocycles. The van der Waals surface area contributed by atoms with E-state index >= 15 is 0 Å². The molecule has 1 heterocycles. The summed E-state index contributed by atoms with van der Waals surface area (Å²) < 4.78 is 4.06. The standard InChI is InChI=1S/C4H6N2O3/c5-1-2(6)4(8)9-3(1)7/h1-2H,5-6H2. The van der Waals surface area contributed by atoms with Gasteiger partial charge in [-0.05, 0) is 0 Å². The van der Waals surface area contributed by atoms with Crippen LogP contribution in [0.5, 0.6) is 0 Å². The first-order valence-electron chi connectivity index (χ1n) is 2.39. The molecule has 1 aliphatic heterocycles. The van der Waals surface area contributed by atoms with Crippen LogP contribution in [0.25, 0.3) is 0 Å². The Bertz CT molecular complexity index is 149. The first-order valence-corrected chi connectivity index (χ1v) is 2.39. The van der Waals surface area contributed by atoms with Gasteiger partial charge in [0.05, 0.1) is 0 Å². The number of hydrogen-bond donors (Lipinski definition) is 2. The Labute approximate surface area is 50.9 Å². The highest BCUT2D eigenvalue weighted by atomic mass is 16.6. The van der Waals surface area contributed by atoms with Crippen molar-refractivity contribution in [3.8, 4) is 0 Å². The van der Waals surface area contributed by atoms with Crippen LogP contribution in [-0.4, -0.2) is 24.0 Å². The highest BCUT2D eigenvalue weighted by Crippen LogP contribution is 2.03. The molecule has 0 radical (unpaired) electrons. The summed E-state index contributed by atoms with van der Waals surface area (Å²) >= 11 is 0. The molecular weight excluding hydrogens is 124 g/mol. The Hall–Kier alpha value is -0.940. The Balaban J connectivity index is 2.77. The Morgan fingerprint density at radius 1 is 1.11 bits per heavy atom. The molecule has 0 aromatic rings. The average molecular weight is 130 g/mol. The van der Waals surface area contributed by atoms with E-state index < -0.39 is 24.0 Å². The third-order valence-corrected chi connectivity index (χ3v) is 1.13. The number of carbonyl (C=O) groups excluding carboxylic acids is 2. The van der Waals surface area contributed by atoms with Gasteiger partial charge in [0, 0.05) is 0 Å². The minimum atomic E-state index is -0.975. The van der Waals surface area contributed by atoms with E-state index in [-0.39, 0.29) is 0 Å². The van der Waals surface area contributed by atoms with E-state index in [2.05, 4.69) is 4.74 Å². The van der Waals surface area contributed by atoms with Gasteiger partial charge in [0.1, 0.15) is 12.1 Å². The zero-order valence-electron chi connectivity index (χ0n) is 4.53. The summed E-state index contributed by atoms with van der Waals surface area (Å²) in [5.41, 5.74) is 10.2. The van der Waals surface area contributed by atoms with Gasteiger partial charge in [-0.1, -0.05) is 0 Å². The van der Waals surface area contributed by atoms with Gasteiger partial charge in [0.2, 0.25) is 0 Å². The van der Waals surface area contributed by atoms with Crippen molar-refractivity contribution in [3.63, 3.8) is 0 Å². The molecule has 0 amide bonds. The zero-order valence-corrected chi connectivity index (χ0v) is 4.53. The SMILES string of the molecule is NC1C(=O)OC(=O)C1N. The minimum Gasteiger partial charge on any atom is -0.391 e. The first-order chi connectivity index (χ1) is 4.13. The molecule has 1 saturated heterocycles. The molecule has 0 spiro atoms. The Morgan fingerprint density at radius 3 is 1.56 bits per heavy atom. The molecule has 9 heavy (non-hydrogen) atoms. The molecule has 5 nitrogen and oxygen atoms in total. The second kappa shape index (κ2) is 1.78. The second-order valence-corrected chi connectivity index (χ2v) is 1.79. The van der Waals surface area contributed by atoms with Gasteiger partial charge >= 0.3 is 11.9 Å². The van der Waals surface area contributed by atoms with E-state index in [1.54, 1.807) is 0 Å². The molecule has 5 heteroatoms. The molecule has 0 aliphatic carbocycles. The van der Waals surface area contributed by atoms with Crippen LogP contribution in [0.4, 0.5) is 0 Å². The van der Waals surface area contributed by atoms with Gasteiger partial charge in [-0.3, -0.25) is 0 Å². The molecule has 1 rings (SSSR count). The molecule has 2 unspecified atom stereocenters. The third-order valence-electron chi connectivity index (χ3n) is 1.13. The fraction of sp³-hybridized carbons (Fsp3) is 0.500. The molecule has 4 N–H and O–H groups in total. The van der Waals surface area contributed by atoms with Crippen molar-refractivity contribution in [2.45, 2.75) is 12.1 Å². The lowest BCUT2D eigenvalue weighted by molar-refractivity contribution is -0.152. The predicted octanol–water partition coefficient (Wildman–Crippen LogP) is -2.28. The van der Waals surface area contributed by atoms with Crippen LogP contribution in [0.3, 0.4) is 0 Å². The van der Waals surface area contributed by atoms with E-state index in [4.69, 9.17) is 11.5 Å². The number of rotatable bonds is 0. The first kappa shape index (κ1) is 6.18. The number of nitrogens with two attached hydrogens (primary N) is 2. The maximum Gasteiger partial charge on any atom is 0.332 e. The number of carbonyl (C=O) groups is 2. The van der Waals surface area contributed by atoms with Crippen LogP contribution in [0.15, 0.2) is 0 Å². The second-order valence-electron chi connectivity index (χ2n) is 1.79. The van der Waals surface area contributed by atoms with Crippen molar-refractivity contribution in [1.82, 2.24) is 0 Å². The molecule has 0 aromatic carbocycles. The summed E-state index contributed by atoms with van der Waals surface area (Å²) in [6.07, 6.45) is 0. The van der Waals surface area contributed by atoms with Gasteiger partial charge in [-0.2, -0.15) is 0 Å². The van der Waals surface area contributed by atoms with Crippen LogP contribution in [0.2, 0.25) is 0 Å². The van der Waals surface area contributed by atoms with Crippen LogP contribution in [0, 0.1) is 0 Å². The normalized spacial score (nSPS) is 34.9. The van der Waals surface area contributed by atoms with Crippen molar-refractivity contribution < 1.29 is 14.3 Å². The van der Waals surface area contributed by atoms with Crippen LogP contribution in [0.1, 0.15) is 0 Å². The maximum atomic E-state index is 10.3. The van der Waals surface area contributed by atoms with E-state index in [0.29, 0.717) is 0 Å². The van der Waals surface area contributed by atoms with Gasteiger partial charge in [0.15, 0.2) is 0 Å². The average Bonchev–Trinajstić information content (AvgIpc) is 1.98. The molecule has 0 aromatic heterocycles. The van der Waals surface area contributed by atoms with E-state index in [1.165, 1.54) is 0 Å².